The standard InChI is InChI=1S/C23H21FO2/c1-2-22(18-9-4-3-5-10-18)23(25)19-11-7-13-21(15-19)26-16-17-8-6-12-20(24)14-17/h3-15,22H,2,16H2,1H3. The highest BCUT2D eigenvalue weighted by Gasteiger charge is 2.20. The Labute approximate surface area is 153 Å². The van der Waals surface area contributed by atoms with Crippen molar-refractivity contribution in [3.63, 3.8) is 0 Å². The molecule has 1 atom stereocenters. The molecule has 0 N–H and O–H groups in total. The number of carbonyl (C=O) groups is 1. The molecule has 0 aliphatic heterocycles. The highest BCUT2D eigenvalue weighted by atomic mass is 19.1. The van der Waals surface area contributed by atoms with Gasteiger partial charge in [-0.05, 0) is 41.8 Å². The lowest BCUT2D eigenvalue weighted by Crippen LogP contribution is -2.12. The summed E-state index contributed by atoms with van der Waals surface area (Å²) in [4.78, 5) is 12.9. The van der Waals surface area contributed by atoms with Crippen LogP contribution >= 0.6 is 0 Å². The molecule has 3 aromatic rings. The van der Waals surface area contributed by atoms with Gasteiger partial charge in [0.1, 0.15) is 18.2 Å². The van der Waals surface area contributed by atoms with Gasteiger partial charge in [0.05, 0.1) is 0 Å². The summed E-state index contributed by atoms with van der Waals surface area (Å²) >= 11 is 0. The van der Waals surface area contributed by atoms with Crippen molar-refractivity contribution in [2.75, 3.05) is 0 Å². The Morgan fingerprint density at radius 2 is 1.73 bits per heavy atom. The summed E-state index contributed by atoms with van der Waals surface area (Å²) in [5, 5.41) is 0. The van der Waals surface area contributed by atoms with Crippen LogP contribution in [0.5, 0.6) is 5.75 Å². The summed E-state index contributed by atoms with van der Waals surface area (Å²) < 4.78 is 19.0. The SMILES string of the molecule is CCC(C(=O)c1cccc(OCc2cccc(F)c2)c1)c1ccccc1. The van der Waals surface area contributed by atoms with Crippen LogP contribution in [0.2, 0.25) is 0 Å². The number of hydrogen-bond donors (Lipinski definition) is 0. The molecule has 0 amide bonds. The van der Waals surface area contributed by atoms with Gasteiger partial charge in [0.15, 0.2) is 5.78 Å². The zero-order valence-electron chi connectivity index (χ0n) is 14.7. The minimum atomic E-state index is -0.288. The number of Topliss-reactive ketones (excluding diaryl/α,β-unsaturated/α-hetero) is 1. The fourth-order valence-electron chi connectivity index (χ4n) is 2.99. The predicted octanol–water partition coefficient (Wildman–Crippen LogP) is 5.78. The van der Waals surface area contributed by atoms with Crippen molar-refractivity contribution >= 4 is 5.78 Å². The van der Waals surface area contributed by atoms with Crippen molar-refractivity contribution < 1.29 is 13.9 Å². The lowest BCUT2D eigenvalue weighted by Gasteiger charge is -2.15. The molecule has 0 saturated carbocycles. The maximum atomic E-state index is 13.3. The second kappa shape index (κ2) is 8.43. The van der Waals surface area contributed by atoms with E-state index >= 15 is 0 Å². The molecule has 3 heteroatoms. The Kier molecular flexibility index (Phi) is 5.80. The number of halogens is 1. The van der Waals surface area contributed by atoms with E-state index in [0.29, 0.717) is 11.3 Å². The quantitative estimate of drug-likeness (QED) is 0.506. The lowest BCUT2D eigenvalue weighted by atomic mass is 9.88. The van der Waals surface area contributed by atoms with E-state index in [0.717, 1.165) is 17.5 Å². The molecule has 3 aromatic carbocycles. The van der Waals surface area contributed by atoms with E-state index in [1.807, 2.05) is 49.4 Å². The summed E-state index contributed by atoms with van der Waals surface area (Å²) in [6.07, 6.45) is 0.733. The van der Waals surface area contributed by atoms with E-state index in [1.165, 1.54) is 12.1 Å². The van der Waals surface area contributed by atoms with Crippen LogP contribution in [0.25, 0.3) is 0 Å². The first-order valence-corrected chi connectivity index (χ1v) is 8.74. The van der Waals surface area contributed by atoms with Crippen LogP contribution < -0.4 is 4.74 Å². The molecule has 0 saturated heterocycles. The number of benzene rings is 3. The average molecular weight is 348 g/mol. The van der Waals surface area contributed by atoms with Gasteiger partial charge < -0.3 is 4.74 Å². The molecule has 0 spiro atoms. The van der Waals surface area contributed by atoms with Crippen molar-refractivity contribution in [3.8, 4) is 5.75 Å². The zero-order valence-corrected chi connectivity index (χ0v) is 14.7. The van der Waals surface area contributed by atoms with E-state index in [1.54, 1.807) is 24.3 Å². The van der Waals surface area contributed by atoms with Crippen LogP contribution in [-0.4, -0.2) is 5.78 Å². The fourth-order valence-corrected chi connectivity index (χ4v) is 2.99. The summed E-state index contributed by atoms with van der Waals surface area (Å²) in [5.74, 6) is 0.219. The molecule has 0 fully saturated rings. The largest absolute Gasteiger partial charge is 0.489 e. The second-order valence-electron chi connectivity index (χ2n) is 6.18. The highest BCUT2D eigenvalue weighted by Crippen LogP contribution is 2.26. The first kappa shape index (κ1) is 17.9. The topological polar surface area (TPSA) is 26.3 Å². The van der Waals surface area contributed by atoms with Crippen molar-refractivity contribution in [1.82, 2.24) is 0 Å². The van der Waals surface area contributed by atoms with Crippen molar-refractivity contribution in [2.45, 2.75) is 25.9 Å². The van der Waals surface area contributed by atoms with Gasteiger partial charge in [0.2, 0.25) is 0 Å². The summed E-state index contributed by atoms with van der Waals surface area (Å²) in [7, 11) is 0. The molecule has 3 rings (SSSR count). The van der Waals surface area contributed by atoms with Gasteiger partial charge in [0.25, 0.3) is 0 Å². The normalized spacial score (nSPS) is 11.8. The fraction of sp³-hybridized carbons (Fsp3) is 0.174. The average Bonchev–Trinajstić information content (AvgIpc) is 2.68. The van der Waals surface area contributed by atoms with Gasteiger partial charge in [-0.25, -0.2) is 4.39 Å². The van der Waals surface area contributed by atoms with E-state index in [4.69, 9.17) is 4.74 Å². The van der Waals surface area contributed by atoms with E-state index in [-0.39, 0.29) is 24.1 Å². The molecule has 2 nitrogen and oxygen atoms in total. The predicted molar refractivity (Wildman–Crippen MR) is 101 cm³/mol. The van der Waals surface area contributed by atoms with Crippen molar-refractivity contribution in [2.24, 2.45) is 0 Å². The lowest BCUT2D eigenvalue weighted by molar-refractivity contribution is 0.0957. The molecule has 0 radical (unpaired) electrons. The van der Waals surface area contributed by atoms with E-state index in [2.05, 4.69) is 0 Å². The summed E-state index contributed by atoms with van der Waals surface area (Å²) in [5.41, 5.74) is 2.39. The molecule has 1 unspecified atom stereocenters. The third-order valence-electron chi connectivity index (χ3n) is 4.34. The van der Waals surface area contributed by atoms with Gasteiger partial charge in [-0.2, -0.15) is 0 Å². The van der Waals surface area contributed by atoms with Crippen LogP contribution in [-0.2, 0) is 6.61 Å². The third kappa shape index (κ3) is 4.37. The number of ketones is 1. The number of carbonyl (C=O) groups excluding carboxylic acids is 1. The minimum absolute atomic E-state index is 0.0786. The van der Waals surface area contributed by atoms with E-state index < -0.39 is 0 Å². The Balaban J connectivity index is 1.74. The maximum Gasteiger partial charge on any atom is 0.170 e. The molecule has 0 aliphatic rings. The minimum Gasteiger partial charge on any atom is -0.489 e. The monoisotopic (exact) mass is 348 g/mol. The van der Waals surface area contributed by atoms with Crippen LogP contribution in [0.15, 0.2) is 78.9 Å². The Bertz CT molecular complexity index is 874. The number of hydrogen-bond acceptors (Lipinski definition) is 2. The molecule has 132 valence electrons. The first-order chi connectivity index (χ1) is 12.7. The van der Waals surface area contributed by atoms with Crippen molar-refractivity contribution in [3.05, 3.63) is 101 Å². The maximum absolute atomic E-state index is 13.3. The third-order valence-corrected chi connectivity index (χ3v) is 4.34. The van der Waals surface area contributed by atoms with Gasteiger partial charge in [-0.15, -0.1) is 0 Å². The first-order valence-electron chi connectivity index (χ1n) is 8.74. The van der Waals surface area contributed by atoms with Crippen LogP contribution in [0.3, 0.4) is 0 Å². The highest BCUT2D eigenvalue weighted by molar-refractivity contribution is 6.01. The van der Waals surface area contributed by atoms with Gasteiger partial charge >= 0.3 is 0 Å². The molecule has 0 aromatic heterocycles. The smallest absolute Gasteiger partial charge is 0.170 e. The van der Waals surface area contributed by atoms with E-state index in [9.17, 15) is 9.18 Å². The zero-order chi connectivity index (χ0) is 18.4. The van der Waals surface area contributed by atoms with Crippen LogP contribution in [0, 0.1) is 5.82 Å². The summed E-state index contributed by atoms with van der Waals surface area (Å²) in [6.45, 7) is 2.27. The molecular formula is C23H21FO2. The van der Waals surface area contributed by atoms with Gasteiger partial charge in [0, 0.05) is 11.5 Å². The molecule has 0 aliphatic carbocycles. The van der Waals surface area contributed by atoms with Gasteiger partial charge in [-0.1, -0.05) is 61.5 Å². The molecule has 0 bridgehead atoms. The number of ether oxygens (including phenoxy) is 1. The molecular weight excluding hydrogens is 327 g/mol. The number of rotatable bonds is 7. The Morgan fingerprint density at radius 1 is 0.962 bits per heavy atom. The van der Waals surface area contributed by atoms with Crippen LogP contribution in [0.1, 0.15) is 40.7 Å². The van der Waals surface area contributed by atoms with Gasteiger partial charge in [-0.3, -0.25) is 4.79 Å². The molecule has 26 heavy (non-hydrogen) atoms. The second-order valence-corrected chi connectivity index (χ2v) is 6.18. The Hall–Kier alpha value is -2.94. The Morgan fingerprint density at radius 3 is 2.46 bits per heavy atom. The van der Waals surface area contributed by atoms with Crippen molar-refractivity contribution in [1.29, 1.82) is 0 Å². The molecule has 0 heterocycles. The van der Waals surface area contributed by atoms with Crippen LogP contribution in [0.4, 0.5) is 4.39 Å². The summed E-state index contributed by atoms with van der Waals surface area (Å²) in [6, 6.07) is 23.3.